The zero-order valence-electron chi connectivity index (χ0n) is 8.40. The lowest BCUT2D eigenvalue weighted by Gasteiger charge is -2.34. The number of alkyl halides is 2. The molecule has 0 atom stereocenters. The lowest BCUT2D eigenvalue weighted by molar-refractivity contribution is -0.106. The summed E-state index contributed by atoms with van der Waals surface area (Å²) in [6, 6.07) is 4.91. The topological polar surface area (TPSA) is 56.7 Å². The first-order chi connectivity index (χ1) is 7.55. The SMILES string of the molecule is Nc1ccc2nnn(C3CC(F)(F)C3)c2c1. The highest BCUT2D eigenvalue weighted by atomic mass is 19.3. The normalized spacial score (nSPS) is 19.9. The molecule has 0 bridgehead atoms. The Labute approximate surface area is 90.0 Å². The molecule has 6 heteroatoms. The number of hydrogen-bond donors (Lipinski definition) is 1. The van der Waals surface area contributed by atoms with Crippen LogP contribution >= 0.6 is 0 Å². The van der Waals surface area contributed by atoms with Gasteiger partial charge in [-0.2, -0.15) is 0 Å². The van der Waals surface area contributed by atoms with Crippen LogP contribution in [-0.4, -0.2) is 20.9 Å². The minimum Gasteiger partial charge on any atom is -0.399 e. The van der Waals surface area contributed by atoms with E-state index in [-0.39, 0.29) is 18.9 Å². The van der Waals surface area contributed by atoms with Crippen molar-refractivity contribution in [3.05, 3.63) is 18.2 Å². The minimum absolute atomic E-state index is 0.166. The third-order valence-electron chi connectivity index (χ3n) is 2.91. The van der Waals surface area contributed by atoms with Crippen molar-refractivity contribution in [2.75, 3.05) is 5.73 Å². The van der Waals surface area contributed by atoms with Crippen molar-refractivity contribution in [2.45, 2.75) is 24.8 Å². The molecule has 84 valence electrons. The zero-order chi connectivity index (χ0) is 11.3. The Kier molecular flexibility index (Phi) is 1.72. The van der Waals surface area contributed by atoms with Crippen molar-refractivity contribution in [3.8, 4) is 0 Å². The predicted octanol–water partition coefficient (Wildman–Crippen LogP) is 1.98. The first-order valence-electron chi connectivity index (χ1n) is 5.03. The summed E-state index contributed by atoms with van der Waals surface area (Å²) in [6.45, 7) is 0. The van der Waals surface area contributed by atoms with E-state index in [2.05, 4.69) is 10.3 Å². The van der Waals surface area contributed by atoms with Gasteiger partial charge in [-0.3, -0.25) is 0 Å². The van der Waals surface area contributed by atoms with Crippen LogP contribution in [0.4, 0.5) is 14.5 Å². The van der Waals surface area contributed by atoms with E-state index in [9.17, 15) is 8.78 Å². The number of hydrogen-bond acceptors (Lipinski definition) is 3. The van der Waals surface area contributed by atoms with Crippen LogP contribution in [0.1, 0.15) is 18.9 Å². The summed E-state index contributed by atoms with van der Waals surface area (Å²) in [5.74, 6) is -2.55. The maximum Gasteiger partial charge on any atom is 0.252 e. The largest absolute Gasteiger partial charge is 0.399 e. The van der Waals surface area contributed by atoms with Crippen molar-refractivity contribution < 1.29 is 8.78 Å². The van der Waals surface area contributed by atoms with Gasteiger partial charge in [0.25, 0.3) is 5.92 Å². The summed E-state index contributed by atoms with van der Waals surface area (Å²) in [5.41, 5.74) is 7.64. The number of nitrogens with zero attached hydrogens (tertiary/aromatic N) is 3. The van der Waals surface area contributed by atoms with Gasteiger partial charge in [0, 0.05) is 18.5 Å². The van der Waals surface area contributed by atoms with Gasteiger partial charge in [0.05, 0.1) is 11.6 Å². The molecular formula is C10H10F2N4. The van der Waals surface area contributed by atoms with E-state index < -0.39 is 5.92 Å². The summed E-state index contributed by atoms with van der Waals surface area (Å²) >= 11 is 0. The standard InChI is InChI=1S/C10H10F2N4/c11-10(12)4-7(5-10)16-9-3-6(13)1-2-8(9)14-15-16/h1-3,7H,4-5,13H2. The maximum absolute atomic E-state index is 12.8. The molecule has 1 aromatic carbocycles. The lowest BCUT2D eigenvalue weighted by atomic mass is 9.88. The molecule has 0 radical (unpaired) electrons. The summed E-state index contributed by atoms with van der Waals surface area (Å²) in [4.78, 5) is 0. The van der Waals surface area contributed by atoms with Gasteiger partial charge < -0.3 is 5.73 Å². The first-order valence-corrected chi connectivity index (χ1v) is 5.03. The maximum atomic E-state index is 12.8. The molecule has 1 aliphatic carbocycles. The van der Waals surface area contributed by atoms with Gasteiger partial charge in [0.1, 0.15) is 5.52 Å². The molecule has 1 aliphatic rings. The molecule has 2 N–H and O–H groups in total. The highest BCUT2D eigenvalue weighted by molar-refractivity contribution is 5.78. The number of rotatable bonds is 1. The van der Waals surface area contributed by atoms with Crippen molar-refractivity contribution >= 4 is 16.7 Å². The predicted molar refractivity (Wildman–Crippen MR) is 55.2 cm³/mol. The first kappa shape index (κ1) is 9.50. The van der Waals surface area contributed by atoms with Gasteiger partial charge in [-0.15, -0.1) is 5.10 Å². The minimum atomic E-state index is -2.55. The Balaban J connectivity index is 2.02. The van der Waals surface area contributed by atoms with E-state index in [1.54, 1.807) is 22.9 Å². The van der Waals surface area contributed by atoms with Gasteiger partial charge in [0.2, 0.25) is 0 Å². The molecule has 4 nitrogen and oxygen atoms in total. The van der Waals surface area contributed by atoms with Gasteiger partial charge in [-0.05, 0) is 18.2 Å². The molecule has 0 saturated heterocycles. The third kappa shape index (κ3) is 1.33. The molecule has 2 aromatic rings. The molecule has 0 unspecified atom stereocenters. The van der Waals surface area contributed by atoms with Crippen LogP contribution in [0.15, 0.2) is 18.2 Å². The van der Waals surface area contributed by atoms with Crippen LogP contribution < -0.4 is 5.73 Å². The smallest absolute Gasteiger partial charge is 0.252 e. The third-order valence-corrected chi connectivity index (χ3v) is 2.91. The van der Waals surface area contributed by atoms with E-state index in [1.807, 2.05) is 0 Å². The zero-order valence-corrected chi connectivity index (χ0v) is 8.40. The number of halogens is 2. The molecule has 0 spiro atoms. The Hall–Kier alpha value is -1.72. The Morgan fingerprint density at radius 3 is 2.81 bits per heavy atom. The fourth-order valence-electron chi connectivity index (χ4n) is 2.03. The van der Waals surface area contributed by atoms with Crippen LogP contribution in [0.2, 0.25) is 0 Å². The highest BCUT2D eigenvalue weighted by Crippen LogP contribution is 2.45. The number of fused-ring (bicyclic) bond motifs is 1. The van der Waals surface area contributed by atoms with Crippen LogP contribution in [0.3, 0.4) is 0 Å². The summed E-state index contributed by atoms with van der Waals surface area (Å²) in [5, 5.41) is 7.82. The van der Waals surface area contributed by atoms with Gasteiger partial charge in [-0.25, -0.2) is 13.5 Å². The second kappa shape index (κ2) is 2.90. The van der Waals surface area contributed by atoms with Gasteiger partial charge in [0.15, 0.2) is 0 Å². The average molecular weight is 224 g/mol. The fourth-order valence-corrected chi connectivity index (χ4v) is 2.03. The van der Waals surface area contributed by atoms with E-state index in [0.29, 0.717) is 11.2 Å². The van der Waals surface area contributed by atoms with Crippen molar-refractivity contribution in [2.24, 2.45) is 0 Å². The monoisotopic (exact) mass is 224 g/mol. The van der Waals surface area contributed by atoms with E-state index in [0.717, 1.165) is 5.52 Å². The number of aromatic nitrogens is 3. The van der Waals surface area contributed by atoms with Crippen LogP contribution in [0.25, 0.3) is 11.0 Å². The molecule has 1 fully saturated rings. The summed E-state index contributed by atoms with van der Waals surface area (Å²) in [6.07, 6.45) is -0.333. The number of benzene rings is 1. The molecule has 1 heterocycles. The van der Waals surface area contributed by atoms with Gasteiger partial charge in [-0.1, -0.05) is 5.21 Å². The fraction of sp³-hybridized carbons (Fsp3) is 0.400. The Bertz CT molecular complexity index is 541. The second-order valence-corrected chi connectivity index (χ2v) is 4.20. The highest BCUT2D eigenvalue weighted by Gasteiger charge is 2.47. The number of nitrogen functional groups attached to an aromatic ring is 1. The van der Waals surface area contributed by atoms with E-state index >= 15 is 0 Å². The van der Waals surface area contributed by atoms with E-state index in [4.69, 9.17) is 5.73 Å². The summed E-state index contributed by atoms with van der Waals surface area (Å²) in [7, 11) is 0. The molecule has 16 heavy (non-hydrogen) atoms. The van der Waals surface area contributed by atoms with Crippen LogP contribution in [0.5, 0.6) is 0 Å². The van der Waals surface area contributed by atoms with Crippen molar-refractivity contribution in [1.82, 2.24) is 15.0 Å². The van der Waals surface area contributed by atoms with Gasteiger partial charge >= 0.3 is 0 Å². The van der Waals surface area contributed by atoms with Crippen LogP contribution in [0, 0.1) is 0 Å². The molecule has 0 amide bonds. The summed E-state index contributed by atoms with van der Waals surface area (Å²) < 4.78 is 27.1. The number of nitrogens with two attached hydrogens (primary N) is 1. The Morgan fingerprint density at radius 1 is 1.38 bits per heavy atom. The second-order valence-electron chi connectivity index (χ2n) is 4.20. The van der Waals surface area contributed by atoms with Crippen LogP contribution in [-0.2, 0) is 0 Å². The molecule has 3 rings (SSSR count). The van der Waals surface area contributed by atoms with Crippen molar-refractivity contribution in [3.63, 3.8) is 0 Å². The molecular weight excluding hydrogens is 214 g/mol. The lowest BCUT2D eigenvalue weighted by Crippen LogP contribution is -2.37. The molecule has 1 saturated carbocycles. The van der Waals surface area contributed by atoms with Crippen molar-refractivity contribution in [1.29, 1.82) is 0 Å². The number of anilines is 1. The van der Waals surface area contributed by atoms with E-state index in [1.165, 1.54) is 0 Å². The molecule has 0 aliphatic heterocycles. The quantitative estimate of drug-likeness (QED) is 0.753. The molecule has 1 aromatic heterocycles. The Morgan fingerprint density at radius 2 is 2.12 bits per heavy atom. The average Bonchev–Trinajstić information content (AvgIpc) is 2.56.